The van der Waals surface area contributed by atoms with Gasteiger partial charge in [0.2, 0.25) is 23.6 Å². The summed E-state index contributed by atoms with van der Waals surface area (Å²) in [6, 6.07) is 10.0. The third-order valence-electron chi connectivity index (χ3n) is 13.2. The van der Waals surface area contributed by atoms with Crippen molar-refractivity contribution in [3.05, 3.63) is 64.1 Å². The molecular weight excluding hydrogens is 727 g/mol. The molecule has 0 bridgehead atoms. The number of amides is 5. The van der Waals surface area contributed by atoms with Crippen LogP contribution in [0.2, 0.25) is 0 Å². The van der Waals surface area contributed by atoms with E-state index in [4.69, 9.17) is 9.47 Å². The van der Waals surface area contributed by atoms with E-state index in [0.717, 1.165) is 74.7 Å². The number of nitrogens with zero attached hydrogens (tertiary/aromatic N) is 3. The third-order valence-corrected chi connectivity index (χ3v) is 13.2. The minimum atomic E-state index is -0.704. The van der Waals surface area contributed by atoms with Crippen molar-refractivity contribution in [1.29, 1.82) is 0 Å². The Kier molecular flexibility index (Phi) is 10.7. The molecule has 13 nitrogen and oxygen atoms in total. The SMILES string of the molecule is CC(C)(C)OC(=O)N[C@H]1C[C@@H]2C[C@@H]2C[C@H]2CC[C@@H](C(=O)N3C[C@@H](c4ccn(CCCCCOc5ccc(C6CCC(=O)NC6=O)cc5)c(=O)c4)CC34CC4)N2C1=O. The molecule has 7 atom stereocenters. The van der Waals surface area contributed by atoms with E-state index in [-0.39, 0.29) is 52.6 Å². The molecule has 2 aromatic rings. The number of carbonyl (C=O) groups is 5. The van der Waals surface area contributed by atoms with Gasteiger partial charge in [-0.25, -0.2) is 4.79 Å². The number of hydrogen-bond donors (Lipinski definition) is 2. The van der Waals surface area contributed by atoms with E-state index >= 15 is 0 Å². The lowest BCUT2D eigenvalue weighted by Crippen LogP contribution is -2.58. The van der Waals surface area contributed by atoms with Crippen molar-refractivity contribution >= 4 is 29.7 Å². The lowest BCUT2D eigenvalue weighted by Gasteiger charge is -2.37. The number of alkyl carbamates (subject to hydrolysis) is 1. The van der Waals surface area contributed by atoms with E-state index in [1.807, 2.05) is 46.3 Å². The first-order valence-corrected chi connectivity index (χ1v) is 21.2. The Bertz CT molecular complexity index is 1950. The van der Waals surface area contributed by atoms with Crippen LogP contribution in [0.15, 0.2) is 47.4 Å². The van der Waals surface area contributed by atoms with Crippen LogP contribution < -0.4 is 20.9 Å². The average Bonchev–Trinajstić information content (AvgIpc) is 4.00. The summed E-state index contributed by atoms with van der Waals surface area (Å²) in [5, 5.41) is 5.27. The quantitative estimate of drug-likeness (QED) is 0.234. The maximum Gasteiger partial charge on any atom is 0.408 e. The van der Waals surface area contributed by atoms with E-state index in [1.165, 1.54) is 0 Å². The van der Waals surface area contributed by atoms with Crippen molar-refractivity contribution in [3.8, 4) is 5.75 Å². The summed E-state index contributed by atoms with van der Waals surface area (Å²) in [5.74, 6) is 0.790. The fourth-order valence-electron chi connectivity index (χ4n) is 9.99. The van der Waals surface area contributed by atoms with Crippen molar-refractivity contribution in [2.45, 2.75) is 152 Å². The van der Waals surface area contributed by atoms with Gasteiger partial charge in [-0.15, -0.1) is 0 Å². The molecule has 6 aliphatic rings. The largest absolute Gasteiger partial charge is 0.494 e. The number of imide groups is 1. The lowest BCUT2D eigenvalue weighted by molar-refractivity contribution is -0.148. The molecule has 306 valence electrons. The van der Waals surface area contributed by atoms with Crippen LogP contribution in [0.25, 0.3) is 0 Å². The van der Waals surface area contributed by atoms with E-state index in [2.05, 4.69) is 10.6 Å². The molecule has 1 aromatic heterocycles. The molecule has 1 spiro atoms. The number of aryl methyl sites for hydroxylation is 1. The summed E-state index contributed by atoms with van der Waals surface area (Å²) in [6.07, 6.45) is 11.4. The Balaban J connectivity index is 0.828. The van der Waals surface area contributed by atoms with Crippen LogP contribution in [0.4, 0.5) is 4.79 Å². The first kappa shape index (κ1) is 39.2. The number of aromatic nitrogens is 1. The van der Waals surface area contributed by atoms with Crippen LogP contribution in [0.5, 0.6) is 5.75 Å². The number of pyridine rings is 1. The van der Waals surface area contributed by atoms with Crippen LogP contribution in [-0.4, -0.2) is 86.5 Å². The van der Waals surface area contributed by atoms with Gasteiger partial charge in [-0.1, -0.05) is 12.1 Å². The Hall–Kier alpha value is -4.68. The standard InChI is InChI=1S/C44H57N5O8/c1-43(2,3)57-42(55)45-35-23-30-21-29(30)22-32-9-13-36(49(32)40(35)53)41(54)48-26-31(25-44(48)16-17-44)28-15-19-47(38(51)24-28)18-5-4-6-20-56-33-10-7-27(8-11-33)34-12-14-37(50)46-39(34)52/h7-8,10-11,15,19,24,29-32,34-36H,4-6,9,12-14,16-18,20-23,25-26H2,1-3H3,(H,45,55)(H,46,50,52)/t29-,30+,31+,32-,34?,35+,36+/m1/s1. The van der Waals surface area contributed by atoms with Gasteiger partial charge >= 0.3 is 6.09 Å². The third kappa shape index (κ3) is 8.62. The smallest absolute Gasteiger partial charge is 0.408 e. The number of carbonyl (C=O) groups excluding carboxylic acids is 5. The summed E-state index contributed by atoms with van der Waals surface area (Å²) < 4.78 is 13.2. The minimum Gasteiger partial charge on any atom is -0.494 e. The van der Waals surface area contributed by atoms with Gasteiger partial charge in [0, 0.05) is 49.3 Å². The van der Waals surface area contributed by atoms with Gasteiger partial charge in [-0.2, -0.15) is 0 Å². The highest BCUT2D eigenvalue weighted by atomic mass is 16.6. The van der Waals surface area contributed by atoms with Gasteiger partial charge in [0.25, 0.3) is 5.56 Å². The topological polar surface area (TPSA) is 156 Å². The number of fused-ring (bicyclic) bond motifs is 2. The zero-order valence-corrected chi connectivity index (χ0v) is 33.5. The molecule has 5 heterocycles. The number of unbranched alkanes of at least 4 members (excludes halogenated alkanes) is 2. The molecule has 1 unspecified atom stereocenters. The minimum absolute atomic E-state index is 0.00394. The van der Waals surface area contributed by atoms with E-state index < -0.39 is 23.8 Å². The van der Waals surface area contributed by atoms with Gasteiger partial charge in [0.15, 0.2) is 0 Å². The Morgan fingerprint density at radius 2 is 1.68 bits per heavy atom. The van der Waals surface area contributed by atoms with Crippen LogP contribution in [0.1, 0.15) is 127 Å². The number of likely N-dealkylation sites (tertiary alicyclic amines) is 1. The lowest BCUT2D eigenvalue weighted by atomic mass is 9.90. The molecule has 4 aliphatic heterocycles. The van der Waals surface area contributed by atoms with Crippen molar-refractivity contribution in [2.75, 3.05) is 13.2 Å². The Morgan fingerprint density at radius 3 is 2.40 bits per heavy atom. The number of ether oxygens (including phenoxy) is 2. The molecule has 2 aliphatic carbocycles. The van der Waals surface area contributed by atoms with Crippen molar-refractivity contribution in [1.82, 2.24) is 25.0 Å². The molecule has 1 aromatic carbocycles. The zero-order chi connectivity index (χ0) is 40.1. The van der Waals surface area contributed by atoms with E-state index in [9.17, 15) is 28.8 Å². The maximum absolute atomic E-state index is 14.5. The zero-order valence-electron chi connectivity index (χ0n) is 33.5. The highest BCUT2D eigenvalue weighted by molar-refractivity contribution is 6.01. The second kappa shape index (κ2) is 15.6. The monoisotopic (exact) mass is 783 g/mol. The molecule has 2 saturated carbocycles. The highest BCUT2D eigenvalue weighted by Gasteiger charge is 2.59. The molecule has 0 radical (unpaired) electrons. The molecule has 57 heavy (non-hydrogen) atoms. The number of rotatable bonds is 11. The summed E-state index contributed by atoms with van der Waals surface area (Å²) in [6.45, 7) is 7.09. The second-order valence-corrected chi connectivity index (χ2v) is 18.5. The molecule has 4 saturated heterocycles. The number of nitrogens with one attached hydrogen (secondary N) is 2. The fraction of sp³-hybridized carbons (Fsp3) is 0.636. The van der Waals surface area contributed by atoms with Crippen molar-refractivity contribution in [2.24, 2.45) is 11.8 Å². The van der Waals surface area contributed by atoms with Crippen LogP contribution in [0.3, 0.4) is 0 Å². The highest BCUT2D eigenvalue weighted by Crippen LogP contribution is 2.55. The summed E-state index contributed by atoms with van der Waals surface area (Å²) in [7, 11) is 0. The Labute approximate surface area is 334 Å². The van der Waals surface area contributed by atoms with Crippen LogP contribution in [0, 0.1) is 11.8 Å². The Morgan fingerprint density at radius 1 is 0.912 bits per heavy atom. The van der Waals surface area contributed by atoms with E-state index in [0.29, 0.717) is 57.2 Å². The average molecular weight is 784 g/mol. The predicted octanol–water partition coefficient (Wildman–Crippen LogP) is 5.15. The summed E-state index contributed by atoms with van der Waals surface area (Å²) >= 11 is 0. The molecule has 8 rings (SSSR count). The van der Waals surface area contributed by atoms with Gasteiger partial charge in [0.05, 0.1) is 12.5 Å². The molecule has 2 N–H and O–H groups in total. The van der Waals surface area contributed by atoms with Gasteiger partial charge in [-0.3, -0.25) is 29.3 Å². The number of hydrogen-bond acceptors (Lipinski definition) is 8. The number of benzene rings is 1. The molecular formula is C44H57N5O8. The maximum atomic E-state index is 14.5. The molecule has 13 heteroatoms. The number of piperidine rings is 1. The van der Waals surface area contributed by atoms with E-state index in [1.54, 1.807) is 31.4 Å². The predicted molar refractivity (Wildman–Crippen MR) is 210 cm³/mol. The summed E-state index contributed by atoms with van der Waals surface area (Å²) in [5.41, 5.74) is 0.899. The van der Waals surface area contributed by atoms with Crippen molar-refractivity contribution < 1.29 is 33.4 Å². The van der Waals surface area contributed by atoms with Crippen LogP contribution in [-0.2, 0) is 30.5 Å². The molecule has 5 amide bonds. The first-order chi connectivity index (χ1) is 27.3. The fourth-order valence-corrected chi connectivity index (χ4v) is 9.99. The van der Waals surface area contributed by atoms with Gasteiger partial charge in [0.1, 0.15) is 23.4 Å². The first-order valence-electron chi connectivity index (χ1n) is 21.2. The van der Waals surface area contributed by atoms with Crippen molar-refractivity contribution in [3.63, 3.8) is 0 Å². The van der Waals surface area contributed by atoms with Gasteiger partial charge < -0.3 is 29.2 Å². The molecule has 6 fully saturated rings. The van der Waals surface area contributed by atoms with Gasteiger partial charge in [-0.05, 0) is 139 Å². The van der Waals surface area contributed by atoms with Crippen LogP contribution >= 0.6 is 0 Å². The summed E-state index contributed by atoms with van der Waals surface area (Å²) in [4.78, 5) is 82.2. The normalized spacial score (nSPS) is 28.9. The second-order valence-electron chi connectivity index (χ2n) is 18.5.